The van der Waals surface area contributed by atoms with Gasteiger partial charge in [0, 0.05) is 23.6 Å². The second kappa shape index (κ2) is 9.29. The summed E-state index contributed by atoms with van der Waals surface area (Å²) in [6, 6.07) is 15.4. The fourth-order valence-electron chi connectivity index (χ4n) is 3.24. The molecule has 0 saturated carbocycles. The Morgan fingerprint density at radius 1 is 1.00 bits per heavy atom. The van der Waals surface area contributed by atoms with Crippen LogP contribution in [0.3, 0.4) is 0 Å². The molecular weight excluding hydrogens is 444 g/mol. The number of nitrogens with one attached hydrogen (secondary N) is 1. The van der Waals surface area contributed by atoms with Crippen LogP contribution in [0.5, 0.6) is 17.2 Å². The lowest BCUT2D eigenvalue weighted by atomic mass is 10.1. The van der Waals surface area contributed by atoms with Gasteiger partial charge in [-0.1, -0.05) is 0 Å². The molecule has 2 N–H and O–H groups in total. The highest BCUT2D eigenvalue weighted by atomic mass is 32.2. The highest BCUT2D eigenvalue weighted by Gasteiger charge is 2.16. The molecule has 3 aromatic rings. The number of aromatic nitrogens is 1. The number of sulfone groups is 1. The van der Waals surface area contributed by atoms with Gasteiger partial charge in [0.2, 0.25) is 5.90 Å². The number of aliphatic hydroxyl groups is 1. The van der Waals surface area contributed by atoms with Crippen LogP contribution in [0.25, 0.3) is 11.3 Å². The molecule has 174 valence electrons. The standard InChI is InChI=1S/C24H26N2O6S/c1-15(27)16(2)31-19-12-17(22-8-9-23(26-22)24-25-10-11-30-24)13-20(14-19)32-18-4-6-21(7-5-18)33(3,28)29/h4-9,12-16,26-27H,10-11H2,1-3H3/t15-,16+/m1/s1. The molecule has 0 radical (unpaired) electrons. The zero-order valence-electron chi connectivity index (χ0n) is 18.6. The molecule has 2 atom stereocenters. The van der Waals surface area contributed by atoms with Crippen molar-refractivity contribution in [2.24, 2.45) is 4.99 Å². The lowest BCUT2D eigenvalue weighted by Crippen LogP contribution is -2.25. The van der Waals surface area contributed by atoms with Crippen LogP contribution in [0.1, 0.15) is 19.5 Å². The van der Waals surface area contributed by atoms with Gasteiger partial charge in [0.15, 0.2) is 9.84 Å². The molecule has 2 aromatic carbocycles. The monoisotopic (exact) mass is 470 g/mol. The summed E-state index contributed by atoms with van der Waals surface area (Å²) in [6.07, 6.45) is 0.0743. The quantitative estimate of drug-likeness (QED) is 0.518. The van der Waals surface area contributed by atoms with Crippen LogP contribution in [0.15, 0.2) is 64.5 Å². The zero-order chi connectivity index (χ0) is 23.6. The number of H-pyrrole nitrogens is 1. The van der Waals surface area contributed by atoms with E-state index in [1.807, 2.05) is 24.3 Å². The third kappa shape index (κ3) is 5.55. The molecule has 1 aromatic heterocycles. The molecule has 0 bridgehead atoms. The van der Waals surface area contributed by atoms with E-state index < -0.39 is 22.0 Å². The third-order valence-electron chi connectivity index (χ3n) is 5.18. The van der Waals surface area contributed by atoms with Crippen LogP contribution in [-0.4, -0.2) is 56.0 Å². The molecule has 8 nitrogen and oxygen atoms in total. The average molecular weight is 471 g/mol. The van der Waals surface area contributed by atoms with Crippen molar-refractivity contribution in [3.05, 3.63) is 60.3 Å². The molecule has 2 heterocycles. The molecular formula is C24H26N2O6S. The normalized spacial score (nSPS) is 15.5. The van der Waals surface area contributed by atoms with Crippen molar-refractivity contribution in [2.45, 2.75) is 31.0 Å². The van der Waals surface area contributed by atoms with Gasteiger partial charge < -0.3 is 24.3 Å². The maximum Gasteiger partial charge on any atom is 0.233 e. The van der Waals surface area contributed by atoms with E-state index in [-0.39, 0.29) is 4.90 Å². The summed E-state index contributed by atoms with van der Waals surface area (Å²) in [7, 11) is -3.29. The smallest absolute Gasteiger partial charge is 0.233 e. The Bertz CT molecular complexity index is 1260. The van der Waals surface area contributed by atoms with Gasteiger partial charge in [0.25, 0.3) is 0 Å². The minimum Gasteiger partial charge on any atom is -0.488 e. The molecule has 0 unspecified atom stereocenters. The lowest BCUT2D eigenvalue weighted by molar-refractivity contribution is 0.0603. The number of aliphatic hydroxyl groups excluding tert-OH is 1. The van der Waals surface area contributed by atoms with E-state index in [0.717, 1.165) is 23.2 Å². The molecule has 1 aliphatic rings. The summed E-state index contributed by atoms with van der Waals surface area (Å²) in [5, 5.41) is 9.85. The van der Waals surface area contributed by atoms with Gasteiger partial charge in [0.1, 0.15) is 35.7 Å². The number of nitrogens with zero attached hydrogens (tertiary/aromatic N) is 1. The molecule has 0 amide bonds. The Morgan fingerprint density at radius 2 is 1.70 bits per heavy atom. The SMILES string of the molecule is C[C@H](Oc1cc(Oc2ccc(S(C)(=O)=O)cc2)cc(-c2ccc(C3=NCCO3)[nH]2)c1)[C@@H](C)O. The van der Waals surface area contributed by atoms with E-state index >= 15 is 0 Å². The Kier molecular flexibility index (Phi) is 6.44. The van der Waals surface area contributed by atoms with E-state index in [0.29, 0.717) is 36.3 Å². The Hall–Kier alpha value is -3.30. The van der Waals surface area contributed by atoms with Crippen molar-refractivity contribution in [3.63, 3.8) is 0 Å². The molecule has 0 aliphatic carbocycles. The molecule has 4 rings (SSSR count). The highest BCUT2D eigenvalue weighted by molar-refractivity contribution is 7.90. The molecule has 9 heteroatoms. The third-order valence-corrected chi connectivity index (χ3v) is 6.31. The van der Waals surface area contributed by atoms with E-state index in [4.69, 9.17) is 14.2 Å². The first-order valence-corrected chi connectivity index (χ1v) is 12.4. The van der Waals surface area contributed by atoms with Gasteiger partial charge in [-0.3, -0.25) is 0 Å². The minimum atomic E-state index is -3.29. The fourth-order valence-corrected chi connectivity index (χ4v) is 3.88. The first-order chi connectivity index (χ1) is 15.7. The topological polar surface area (TPSA) is 110 Å². The van der Waals surface area contributed by atoms with E-state index in [1.165, 1.54) is 12.1 Å². The first-order valence-electron chi connectivity index (χ1n) is 10.5. The summed E-state index contributed by atoms with van der Waals surface area (Å²) in [6.45, 7) is 4.65. The Labute approximate surface area is 192 Å². The van der Waals surface area contributed by atoms with Crippen molar-refractivity contribution in [2.75, 3.05) is 19.4 Å². The second-order valence-corrected chi connectivity index (χ2v) is 9.94. The zero-order valence-corrected chi connectivity index (χ0v) is 19.4. The number of aliphatic imine (C=N–C) groups is 1. The number of rotatable bonds is 8. The number of hydrogen-bond acceptors (Lipinski definition) is 7. The second-order valence-electron chi connectivity index (χ2n) is 7.92. The van der Waals surface area contributed by atoms with Crippen molar-refractivity contribution in [3.8, 4) is 28.5 Å². The molecule has 0 fully saturated rings. The summed E-state index contributed by atoms with van der Waals surface area (Å²) in [4.78, 5) is 7.85. The van der Waals surface area contributed by atoms with Crippen LogP contribution >= 0.6 is 0 Å². The fraction of sp³-hybridized carbons (Fsp3) is 0.292. The predicted molar refractivity (Wildman–Crippen MR) is 125 cm³/mol. The Balaban J connectivity index is 1.66. The number of ether oxygens (including phenoxy) is 3. The molecule has 0 spiro atoms. The van der Waals surface area contributed by atoms with E-state index in [9.17, 15) is 13.5 Å². The van der Waals surface area contributed by atoms with Crippen molar-refractivity contribution < 1.29 is 27.7 Å². The van der Waals surface area contributed by atoms with Crippen LogP contribution in [0.2, 0.25) is 0 Å². The van der Waals surface area contributed by atoms with Crippen LogP contribution < -0.4 is 9.47 Å². The Morgan fingerprint density at radius 3 is 2.33 bits per heavy atom. The summed E-state index contributed by atoms with van der Waals surface area (Å²) in [5.41, 5.74) is 2.40. The largest absolute Gasteiger partial charge is 0.488 e. The van der Waals surface area contributed by atoms with Crippen molar-refractivity contribution in [1.82, 2.24) is 4.98 Å². The first kappa shape index (κ1) is 22.9. The molecule has 0 saturated heterocycles. The van der Waals surface area contributed by atoms with Crippen molar-refractivity contribution >= 4 is 15.7 Å². The predicted octanol–water partition coefficient (Wildman–Crippen LogP) is 3.80. The van der Waals surface area contributed by atoms with Crippen LogP contribution in [0.4, 0.5) is 0 Å². The summed E-state index contributed by atoms with van der Waals surface area (Å²) in [5.74, 6) is 2.08. The number of hydrogen-bond donors (Lipinski definition) is 2. The summed E-state index contributed by atoms with van der Waals surface area (Å²) >= 11 is 0. The molecule has 1 aliphatic heterocycles. The van der Waals surface area contributed by atoms with Gasteiger partial charge in [-0.25, -0.2) is 13.4 Å². The van der Waals surface area contributed by atoms with Gasteiger partial charge in [-0.2, -0.15) is 0 Å². The van der Waals surface area contributed by atoms with Gasteiger partial charge in [-0.15, -0.1) is 0 Å². The number of aromatic amines is 1. The van der Waals surface area contributed by atoms with E-state index in [2.05, 4.69) is 9.98 Å². The number of benzene rings is 2. The average Bonchev–Trinajstić information content (AvgIpc) is 3.45. The van der Waals surface area contributed by atoms with Crippen LogP contribution in [-0.2, 0) is 14.6 Å². The van der Waals surface area contributed by atoms with Crippen LogP contribution in [0, 0.1) is 0 Å². The van der Waals surface area contributed by atoms with Gasteiger partial charge in [-0.05, 0) is 62.4 Å². The van der Waals surface area contributed by atoms with E-state index in [1.54, 1.807) is 32.0 Å². The molecule has 33 heavy (non-hydrogen) atoms. The minimum absolute atomic E-state index is 0.217. The van der Waals surface area contributed by atoms with Gasteiger partial charge >= 0.3 is 0 Å². The maximum absolute atomic E-state index is 11.7. The highest BCUT2D eigenvalue weighted by Crippen LogP contribution is 2.33. The van der Waals surface area contributed by atoms with Gasteiger partial charge in [0.05, 0.1) is 17.5 Å². The maximum atomic E-state index is 11.7. The lowest BCUT2D eigenvalue weighted by Gasteiger charge is -2.19. The van der Waals surface area contributed by atoms with Crippen molar-refractivity contribution in [1.29, 1.82) is 0 Å². The summed E-state index contributed by atoms with van der Waals surface area (Å²) < 4.78 is 40.8.